The summed E-state index contributed by atoms with van der Waals surface area (Å²) in [5, 5.41) is 11.5. The molecule has 13 rings (SSSR count). The molecular weight excluding hydrogens is 803 g/mol. The van der Waals surface area contributed by atoms with E-state index in [9.17, 15) is 0 Å². The van der Waals surface area contributed by atoms with Gasteiger partial charge in [0.05, 0.1) is 44.8 Å². The van der Waals surface area contributed by atoms with Crippen molar-refractivity contribution in [3.63, 3.8) is 0 Å². The molecule has 5 heteroatoms. The molecule has 0 fully saturated rings. The first-order valence-electron chi connectivity index (χ1n) is 23.1. The van der Waals surface area contributed by atoms with Crippen molar-refractivity contribution >= 4 is 77.1 Å². The lowest BCUT2D eigenvalue weighted by Gasteiger charge is -2.23. The van der Waals surface area contributed by atoms with Gasteiger partial charge in [-0.05, 0) is 84.5 Å². The molecule has 3 aromatic heterocycles. The van der Waals surface area contributed by atoms with E-state index >= 15 is 0 Å². The van der Waals surface area contributed by atoms with Crippen LogP contribution in [-0.2, 0) is 0 Å². The third-order valence-electron chi connectivity index (χ3n) is 13.7. The van der Waals surface area contributed by atoms with E-state index in [2.05, 4.69) is 243 Å². The van der Waals surface area contributed by atoms with Crippen LogP contribution in [0, 0.1) is 0 Å². The summed E-state index contributed by atoms with van der Waals surface area (Å²) in [5.74, 6) is 0.797. The Morgan fingerprint density at radius 2 is 0.879 bits per heavy atom. The van der Waals surface area contributed by atoms with Crippen LogP contribution in [0.2, 0.25) is 0 Å². The molecule has 1 atom stereocenters. The first kappa shape index (κ1) is 38.1. The Morgan fingerprint density at radius 1 is 0.394 bits per heavy atom. The Labute approximate surface area is 382 Å². The predicted octanol–water partition coefficient (Wildman–Crippen LogP) is 15.4. The second-order valence-corrected chi connectivity index (χ2v) is 17.5. The molecule has 0 saturated carbocycles. The van der Waals surface area contributed by atoms with Crippen molar-refractivity contribution in [2.45, 2.75) is 25.3 Å². The maximum absolute atomic E-state index is 5.87. The van der Waals surface area contributed by atoms with E-state index in [4.69, 9.17) is 4.99 Å². The fourth-order valence-electron chi connectivity index (χ4n) is 10.6. The summed E-state index contributed by atoms with van der Waals surface area (Å²) in [5.41, 5.74) is 14.8. The van der Waals surface area contributed by atoms with Crippen LogP contribution < -0.4 is 5.32 Å². The average molecular weight is 848 g/mol. The largest absolute Gasteiger partial charge is 0.349 e. The number of nitrogens with one attached hydrogen (secondary N) is 1. The summed E-state index contributed by atoms with van der Waals surface area (Å²) in [4.78, 5) is 5.87. The van der Waals surface area contributed by atoms with Crippen LogP contribution in [0.3, 0.4) is 0 Å². The molecule has 0 amide bonds. The Balaban J connectivity index is 1.06. The number of hydrogen-bond acceptors (Lipinski definition) is 2. The molecule has 0 bridgehead atoms. The summed E-state index contributed by atoms with van der Waals surface area (Å²) in [7, 11) is 0. The molecule has 9 aromatic carbocycles. The van der Waals surface area contributed by atoms with E-state index in [1.54, 1.807) is 0 Å². The third-order valence-corrected chi connectivity index (χ3v) is 13.7. The van der Waals surface area contributed by atoms with Crippen LogP contribution in [0.4, 0.5) is 0 Å². The van der Waals surface area contributed by atoms with Crippen molar-refractivity contribution in [1.82, 2.24) is 19.0 Å². The van der Waals surface area contributed by atoms with Gasteiger partial charge in [0.25, 0.3) is 0 Å². The SMILES string of the molecule is C1=C(c2cccc(-n3c4ccccc4c4ccccc43)c2)\N=C(\n2c3ccccc3c3ccc4c5ccccc5n(-c5ccccc5)c4c32)NC(c2ccc(-c3ccccc3)cc2)CCC/1. The van der Waals surface area contributed by atoms with Crippen LogP contribution in [0.25, 0.3) is 93.6 Å². The molecular formula is C61H45N5. The van der Waals surface area contributed by atoms with Gasteiger partial charge in [-0.2, -0.15) is 0 Å². The van der Waals surface area contributed by atoms with E-state index < -0.39 is 0 Å². The zero-order valence-corrected chi connectivity index (χ0v) is 36.3. The van der Waals surface area contributed by atoms with E-state index in [1.165, 1.54) is 65.6 Å². The van der Waals surface area contributed by atoms with Crippen LogP contribution >= 0.6 is 0 Å². The lowest BCUT2D eigenvalue weighted by atomic mass is 9.97. The summed E-state index contributed by atoms with van der Waals surface area (Å²) in [6.45, 7) is 0. The molecule has 5 nitrogen and oxygen atoms in total. The molecule has 1 aliphatic heterocycles. The topological polar surface area (TPSA) is 39.2 Å². The highest BCUT2D eigenvalue weighted by Gasteiger charge is 2.25. The Kier molecular flexibility index (Phi) is 9.05. The number of nitrogens with zero attached hydrogens (tertiary/aromatic N) is 4. The van der Waals surface area contributed by atoms with Crippen LogP contribution in [0.5, 0.6) is 0 Å². The standard InChI is InChI=1S/C61H45N5/c1-3-18-41(19-4-1)42-34-36-43(37-35-42)53-28-11-12-29-54(44-20-17-23-46(40-44)64-55-30-13-7-24-47(55)48-25-8-14-31-56(48)64)63-61(62-53)66-58-33-16-10-27-50(58)52-39-38-51-49-26-9-15-32-57(49)65(59(51)60(52)66)45-21-5-2-6-22-45/h1-10,13-27,29-40,53H,11-12,28H2,(H,62,63)/b54-29-. The maximum Gasteiger partial charge on any atom is 0.209 e. The summed E-state index contributed by atoms with van der Waals surface area (Å²) in [6, 6.07) is 79.2. The Bertz CT molecular complexity index is 3810. The van der Waals surface area contributed by atoms with Crippen molar-refractivity contribution < 1.29 is 0 Å². The van der Waals surface area contributed by atoms with E-state index in [1.807, 2.05) is 0 Å². The van der Waals surface area contributed by atoms with Gasteiger partial charge in [-0.15, -0.1) is 0 Å². The lowest BCUT2D eigenvalue weighted by Crippen LogP contribution is -2.34. The lowest BCUT2D eigenvalue weighted by molar-refractivity contribution is 0.563. The van der Waals surface area contributed by atoms with Gasteiger partial charge in [-0.3, -0.25) is 4.57 Å². The molecule has 0 saturated heterocycles. The van der Waals surface area contributed by atoms with Gasteiger partial charge in [-0.1, -0.05) is 176 Å². The Morgan fingerprint density at radius 3 is 1.52 bits per heavy atom. The molecule has 12 aromatic rings. The quantitative estimate of drug-likeness (QED) is 0.184. The van der Waals surface area contributed by atoms with Crippen molar-refractivity contribution in [1.29, 1.82) is 0 Å². The fourth-order valence-corrected chi connectivity index (χ4v) is 10.6. The highest BCUT2D eigenvalue weighted by molar-refractivity contribution is 6.26. The van der Waals surface area contributed by atoms with E-state index in [-0.39, 0.29) is 6.04 Å². The second kappa shape index (κ2) is 15.7. The van der Waals surface area contributed by atoms with Crippen molar-refractivity contribution in [3.05, 3.63) is 236 Å². The number of aliphatic imine (C=N–C) groups is 1. The number of rotatable bonds is 5. The number of benzene rings is 9. The monoisotopic (exact) mass is 847 g/mol. The smallest absolute Gasteiger partial charge is 0.209 e. The summed E-state index contributed by atoms with van der Waals surface area (Å²) < 4.78 is 7.27. The zero-order valence-electron chi connectivity index (χ0n) is 36.3. The minimum atomic E-state index is 0.000609. The molecule has 4 heterocycles. The van der Waals surface area contributed by atoms with Crippen LogP contribution in [0.1, 0.15) is 36.4 Å². The van der Waals surface area contributed by atoms with Crippen molar-refractivity contribution in [3.8, 4) is 22.5 Å². The highest BCUT2D eigenvalue weighted by atomic mass is 15.2. The minimum absolute atomic E-state index is 0.000609. The van der Waals surface area contributed by atoms with Gasteiger partial charge in [-0.25, -0.2) is 4.99 Å². The van der Waals surface area contributed by atoms with Crippen molar-refractivity contribution in [2.75, 3.05) is 0 Å². The molecule has 0 aliphatic carbocycles. The normalized spacial score (nSPS) is 16.2. The van der Waals surface area contributed by atoms with E-state index in [0.29, 0.717) is 0 Å². The van der Waals surface area contributed by atoms with Gasteiger partial charge in [0.1, 0.15) is 0 Å². The zero-order chi connectivity index (χ0) is 43.6. The average Bonchev–Trinajstić information content (AvgIpc) is 4.05. The molecule has 66 heavy (non-hydrogen) atoms. The van der Waals surface area contributed by atoms with Gasteiger partial charge in [0, 0.05) is 49.3 Å². The van der Waals surface area contributed by atoms with Gasteiger partial charge in [0.2, 0.25) is 5.96 Å². The van der Waals surface area contributed by atoms with Crippen LogP contribution in [0.15, 0.2) is 229 Å². The minimum Gasteiger partial charge on any atom is -0.349 e. The predicted molar refractivity (Wildman–Crippen MR) is 277 cm³/mol. The second-order valence-electron chi connectivity index (χ2n) is 17.5. The summed E-state index contributed by atoms with van der Waals surface area (Å²) in [6.07, 6.45) is 5.19. The first-order chi connectivity index (χ1) is 32.8. The number of hydrogen-bond donors (Lipinski definition) is 1. The summed E-state index contributed by atoms with van der Waals surface area (Å²) >= 11 is 0. The van der Waals surface area contributed by atoms with E-state index in [0.717, 1.165) is 64.4 Å². The highest BCUT2D eigenvalue weighted by Crippen LogP contribution is 2.41. The van der Waals surface area contributed by atoms with Gasteiger partial charge in [0.15, 0.2) is 0 Å². The van der Waals surface area contributed by atoms with Crippen LogP contribution in [-0.4, -0.2) is 19.7 Å². The molecule has 1 N–H and O–H groups in total. The molecule has 1 unspecified atom stereocenters. The third kappa shape index (κ3) is 6.19. The molecule has 314 valence electrons. The first-order valence-corrected chi connectivity index (χ1v) is 23.1. The van der Waals surface area contributed by atoms with Crippen molar-refractivity contribution in [2.24, 2.45) is 4.99 Å². The van der Waals surface area contributed by atoms with Gasteiger partial charge >= 0.3 is 0 Å². The fraction of sp³-hybridized carbons (Fsp3) is 0.0656. The molecule has 0 spiro atoms. The number of para-hydroxylation sites is 5. The molecule has 0 radical (unpaired) electrons. The Hall–Kier alpha value is -8.41. The number of fused-ring (bicyclic) bond motifs is 10. The van der Waals surface area contributed by atoms with Gasteiger partial charge < -0.3 is 14.5 Å². The number of aromatic nitrogens is 3. The number of allylic oxidation sites excluding steroid dienone is 1. The molecule has 1 aliphatic rings. The maximum atomic E-state index is 5.87.